The lowest BCUT2D eigenvalue weighted by Crippen LogP contribution is -2.36. The Hall–Kier alpha value is -3.08. The SMILES string of the molecule is CCOC(=O)C1=C(C)NC2=C(C(=O)CC(c3ccccc3)C2)C1c1ccc(C)o1. The Morgan fingerprint density at radius 2 is 1.90 bits per heavy atom. The third kappa shape index (κ3) is 3.53. The molecule has 2 aliphatic rings. The zero-order valence-corrected chi connectivity index (χ0v) is 17.0. The molecule has 5 heteroatoms. The van der Waals surface area contributed by atoms with Crippen LogP contribution in [0, 0.1) is 6.92 Å². The van der Waals surface area contributed by atoms with Gasteiger partial charge in [0, 0.05) is 23.4 Å². The summed E-state index contributed by atoms with van der Waals surface area (Å²) in [5.74, 6) is 0.550. The maximum absolute atomic E-state index is 13.3. The molecule has 1 aliphatic heterocycles. The Bertz CT molecular complexity index is 1010. The van der Waals surface area contributed by atoms with E-state index in [4.69, 9.17) is 9.15 Å². The molecule has 1 aromatic heterocycles. The molecular weight excluding hydrogens is 366 g/mol. The van der Waals surface area contributed by atoms with E-state index in [1.165, 1.54) is 0 Å². The van der Waals surface area contributed by atoms with Crippen molar-refractivity contribution in [3.63, 3.8) is 0 Å². The van der Waals surface area contributed by atoms with Crippen LogP contribution in [-0.2, 0) is 14.3 Å². The number of nitrogens with one attached hydrogen (secondary N) is 1. The summed E-state index contributed by atoms with van der Waals surface area (Å²) in [5.41, 5.74) is 3.81. The van der Waals surface area contributed by atoms with E-state index in [1.807, 2.05) is 44.2 Å². The molecule has 1 aliphatic carbocycles. The van der Waals surface area contributed by atoms with E-state index in [0.717, 1.165) is 17.0 Å². The quantitative estimate of drug-likeness (QED) is 0.777. The fraction of sp³-hybridized carbons (Fsp3) is 0.333. The highest BCUT2D eigenvalue weighted by Crippen LogP contribution is 2.45. The fourth-order valence-corrected chi connectivity index (χ4v) is 4.37. The second-order valence-corrected chi connectivity index (χ2v) is 7.60. The van der Waals surface area contributed by atoms with Crippen LogP contribution in [0.1, 0.15) is 55.6 Å². The van der Waals surface area contributed by atoms with Crippen LogP contribution in [0.15, 0.2) is 69.4 Å². The number of ether oxygens (including phenoxy) is 1. The standard InChI is InChI=1S/C24H25NO4/c1-4-28-24(27)21-15(3)25-18-12-17(16-8-6-5-7-9-16)13-19(26)22(18)23(21)20-11-10-14(2)29-20/h5-11,17,23,25H,4,12-13H2,1-3H3. The number of Topliss-reactive ketones (excluding diaryl/α,β-unsaturated/α-hetero) is 1. The number of hydrogen-bond acceptors (Lipinski definition) is 5. The first-order valence-electron chi connectivity index (χ1n) is 10.0. The lowest BCUT2D eigenvalue weighted by atomic mass is 9.73. The molecule has 0 saturated heterocycles. The summed E-state index contributed by atoms with van der Waals surface area (Å²) in [5, 5.41) is 3.34. The molecule has 0 spiro atoms. The molecule has 0 amide bonds. The topological polar surface area (TPSA) is 68.5 Å². The van der Waals surface area contributed by atoms with Gasteiger partial charge < -0.3 is 14.5 Å². The molecule has 29 heavy (non-hydrogen) atoms. The number of furan rings is 1. The van der Waals surface area contributed by atoms with E-state index in [1.54, 1.807) is 6.92 Å². The molecule has 0 fully saturated rings. The predicted molar refractivity (Wildman–Crippen MR) is 109 cm³/mol. The molecule has 0 radical (unpaired) electrons. The highest BCUT2D eigenvalue weighted by atomic mass is 16.5. The number of benzene rings is 1. The second kappa shape index (κ2) is 7.74. The minimum atomic E-state index is -0.539. The summed E-state index contributed by atoms with van der Waals surface area (Å²) in [6.45, 7) is 5.76. The first-order chi connectivity index (χ1) is 14.0. The van der Waals surface area contributed by atoms with Crippen molar-refractivity contribution < 1.29 is 18.7 Å². The summed E-state index contributed by atoms with van der Waals surface area (Å²) in [6.07, 6.45) is 1.13. The Labute approximate surface area is 170 Å². The van der Waals surface area contributed by atoms with Crippen LogP contribution in [0.5, 0.6) is 0 Å². The summed E-state index contributed by atoms with van der Waals surface area (Å²) in [6, 6.07) is 13.8. The predicted octanol–water partition coefficient (Wildman–Crippen LogP) is 4.51. The Morgan fingerprint density at radius 1 is 1.14 bits per heavy atom. The van der Waals surface area contributed by atoms with Crippen LogP contribution < -0.4 is 5.32 Å². The molecule has 2 atom stereocenters. The molecule has 2 unspecified atom stereocenters. The molecule has 1 N–H and O–H groups in total. The monoisotopic (exact) mass is 391 g/mol. The van der Waals surface area contributed by atoms with E-state index in [-0.39, 0.29) is 18.3 Å². The number of allylic oxidation sites excluding steroid dienone is 3. The van der Waals surface area contributed by atoms with Crippen LogP contribution >= 0.6 is 0 Å². The van der Waals surface area contributed by atoms with Crippen LogP contribution in [0.2, 0.25) is 0 Å². The summed E-state index contributed by atoms with van der Waals surface area (Å²) in [4.78, 5) is 26.1. The maximum Gasteiger partial charge on any atom is 0.336 e. The second-order valence-electron chi connectivity index (χ2n) is 7.60. The lowest BCUT2D eigenvalue weighted by Gasteiger charge is -2.35. The fourth-order valence-electron chi connectivity index (χ4n) is 4.37. The molecule has 4 rings (SSSR count). The Balaban J connectivity index is 1.79. The number of ketones is 1. The van der Waals surface area contributed by atoms with Gasteiger partial charge in [0.05, 0.1) is 18.1 Å². The van der Waals surface area contributed by atoms with Gasteiger partial charge in [-0.25, -0.2) is 4.79 Å². The van der Waals surface area contributed by atoms with Crippen LogP contribution in [0.25, 0.3) is 0 Å². The molecule has 2 heterocycles. The zero-order chi connectivity index (χ0) is 20.5. The van der Waals surface area contributed by atoms with E-state index in [9.17, 15) is 9.59 Å². The van der Waals surface area contributed by atoms with Crippen molar-refractivity contribution in [2.75, 3.05) is 6.61 Å². The van der Waals surface area contributed by atoms with E-state index >= 15 is 0 Å². The number of rotatable bonds is 4. The number of hydrogen-bond donors (Lipinski definition) is 1. The molecule has 0 bridgehead atoms. The third-order valence-electron chi connectivity index (χ3n) is 5.64. The minimum absolute atomic E-state index is 0.0426. The van der Waals surface area contributed by atoms with E-state index < -0.39 is 11.9 Å². The average molecular weight is 391 g/mol. The van der Waals surface area contributed by atoms with Crippen molar-refractivity contribution in [2.24, 2.45) is 0 Å². The van der Waals surface area contributed by atoms with Crippen molar-refractivity contribution in [1.29, 1.82) is 0 Å². The van der Waals surface area contributed by atoms with Gasteiger partial charge >= 0.3 is 5.97 Å². The average Bonchev–Trinajstić information content (AvgIpc) is 3.13. The molecule has 5 nitrogen and oxygen atoms in total. The number of aryl methyl sites for hydroxylation is 1. The first-order valence-corrected chi connectivity index (χ1v) is 10.0. The largest absolute Gasteiger partial charge is 0.465 e. The molecule has 1 aromatic carbocycles. The normalized spacial score (nSPS) is 21.7. The maximum atomic E-state index is 13.3. The first kappa shape index (κ1) is 19.2. The smallest absolute Gasteiger partial charge is 0.336 e. The van der Waals surface area contributed by atoms with Crippen molar-refractivity contribution in [1.82, 2.24) is 5.32 Å². The third-order valence-corrected chi connectivity index (χ3v) is 5.64. The van der Waals surface area contributed by atoms with Crippen molar-refractivity contribution in [3.8, 4) is 0 Å². The minimum Gasteiger partial charge on any atom is -0.465 e. The van der Waals surface area contributed by atoms with E-state index in [0.29, 0.717) is 35.4 Å². The van der Waals surface area contributed by atoms with Crippen LogP contribution in [0.4, 0.5) is 0 Å². The van der Waals surface area contributed by atoms with Gasteiger partial charge in [-0.3, -0.25) is 4.79 Å². The Kier molecular flexibility index (Phi) is 5.14. The van der Waals surface area contributed by atoms with Gasteiger partial charge in [-0.1, -0.05) is 30.3 Å². The van der Waals surface area contributed by atoms with Gasteiger partial charge in [-0.15, -0.1) is 0 Å². The highest BCUT2D eigenvalue weighted by molar-refractivity contribution is 6.04. The van der Waals surface area contributed by atoms with Crippen LogP contribution in [-0.4, -0.2) is 18.4 Å². The summed E-state index contributed by atoms with van der Waals surface area (Å²) < 4.78 is 11.2. The van der Waals surface area contributed by atoms with Crippen LogP contribution in [0.3, 0.4) is 0 Å². The Morgan fingerprint density at radius 3 is 2.55 bits per heavy atom. The zero-order valence-electron chi connectivity index (χ0n) is 17.0. The molecular formula is C24H25NO4. The number of carbonyl (C=O) groups is 2. The number of carbonyl (C=O) groups excluding carboxylic acids is 2. The van der Waals surface area contributed by atoms with Gasteiger partial charge in [-0.05, 0) is 50.8 Å². The van der Waals surface area contributed by atoms with Gasteiger partial charge in [0.15, 0.2) is 5.78 Å². The van der Waals surface area contributed by atoms with Gasteiger partial charge in [0.1, 0.15) is 11.5 Å². The van der Waals surface area contributed by atoms with Crippen molar-refractivity contribution in [3.05, 3.63) is 82.1 Å². The molecule has 150 valence electrons. The summed E-state index contributed by atoms with van der Waals surface area (Å²) in [7, 11) is 0. The lowest BCUT2D eigenvalue weighted by molar-refractivity contribution is -0.138. The molecule has 0 saturated carbocycles. The van der Waals surface area contributed by atoms with Gasteiger partial charge in [0.25, 0.3) is 0 Å². The summed E-state index contributed by atoms with van der Waals surface area (Å²) >= 11 is 0. The van der Waals surface area contributed by atoms with Crippen molar-refractivity contribution in [2.45, 2.75) is 45.4 Å². The van der Waals surface area contributed by atoms with Gasteiger partial charge in [-0.2, -0.15) is 0 Å². The number of dihydropyridines is 1. The van der Waals surface area contributed by atoms with E-state index in [2.05, 4.69) is 17.4 Å². The highest BCUT2D eigenvalue weighted by Gasteiger charge is 2.42. The van der Waals surface area contributed by atoms with Gasteiger partial charge in [0.2, 0.25) is 0 Å². The number of esters is 1. The van der Waals surface area contributed by atoms with Crippen molar-refractivity contribution >= 4 is 11.8 Å². The molecule has 2 aromatic rings.